The van der Waals surface area contributed by atoms with Crippen LogP contribution in [0.5, 0.6) is 0 Å². The van der Waals surface area contributed by atoms with Crippen LogP contribution in [-0.4, -0.2) is 21.1 Å². The highest BCUT2D eigenvalue weighted by Crippen LogP contribution is 2.06. The molecule has 0 aliphatic rings. The molecule has 0 spiro atoms. The zero-order valence-corrected chi connectivity index (χ0v) is 7.52. The van der Waals surface area contributed by atoms with Gasteiger partial charge in [-0.3, -0.25) is 14.8 Å². The van der Waals surface area contributed by atoms with Crippen LogP contribution in [0.1, 0.15) is 10.4 Å². The average Bonchev–Trinajstić information content (AvgIpc) is 2.27. The molecule has 2 aromatic rings. The van der Waals surface area contributed by atoms with Crippen LogP contribution in [0.2, 0.25) is 0 Å². The Bertz CT molecular complexity index is 576. The molecule has 0 saturated heterocycles. The number of H-pyrrole nitrogens is 1. The lowest BCUT2D eigenvalue weighted by atomic mass is 10.2. The van der Waals surface area contributed by atoms with Crippen LogP contribution >= 0.6 is 0 Å². The Balaban J connectivity index is 2.73. The molecule has 76 valence electrons. The van der Waals surface area contributed by atoms with Gasteiger partial charge in [-0.05, 0) is 18.2 Å². The van der Waals surface area contributed by atoms with Crippen LogP contribution in [0.25, 0.3) is 11.0 Å². The van der Waals surface area contributed by atoms with Crippen molar-refractivity contribution in [2.24, 2.45) is 0 Å². The number of carbonyl (C=O) groups excluding carboxylic acids is 1. The maximum Gasteiger partial charge on any atom is 0.280 e. The maximum atomic E-state index is 11.4. The summed E-state index contributed by atoms with van der Waals surface area (Å²) in [6.07, 6.45) is 1.53. The molecule has 0 unspecified atom stereocenters. The molecule has 0 radical (unpaired) electrons. The molecule has 2 aromatic heterocycles. The molecule has 0 aliphatic carbocycles. The molecule has 2 rings (SSSR count). The summed E-state index contributed by atoms with van der Waals surface area (Å²) in [5.74, 6) is -0.845. The lowest BCUT2D eigenvalue weighted by Crippen LogP contribution is -2.27. The highest BCUT2D eigenvalue weighted by Gasteiger charge is 2.10. The first-order valence-corrected chi connectivity index (χ1v) is 4.15. The van der Waals surface area contributed by atoms with Crippen molar-refractivity contribution in [1.29, 1.82) is 0 Å². The summed E-state index contributed by atoms with van der Waals surface area (Å²) < 4.78 is 0. The second-order valence-corrected chi connectivity index (χ2v) is 2.89. The number of aromatic amines is 1. The first-order valence-electron chi connectivity index (χ1n) is 4.15. The molecule has 0 aromatic carbocycles. The molecule has 15 heavy (non-hydrogen) atoms. The minimum absolute atomic E-state index is 0.155. The Kier molecular flexibility index (Phi) is 2.18. The Labute approximate surface area is 83.5 Å². The van der Waals surface area contributed by atoms with E-state index in [9.17, 15) is 9.59 Å². The molecule has 0 atom stereocenters. The zero-order valence-electron chi connectivity index (χ0n) is 7.52. The van der Waals surface area contributed by atoms with E-state index in [2.05, 4.69) is 9.97 Å². The minimum atomic E-state index is -0.845. The largest absolute Gasteiger partial charge is 0.306 e. The predicted octanol–water partition coefficient (Wildman–Crippen LogP) is 0.0421. The zero-order chi connectivity index (χ0) is 10.8. The van der Waals surface area contributed by atoms with Crippen molar-refractivity contribution >= 4 is 16.9 Å². The summed E-state index contributed by atoms with van der Waals surface area (Å²) in [6, 6.07) is 4.75. The van der Waals surface area contributed by atoms with Crippen LogP contribution in [0.15, 0.2) is 29.2 Å². The molecular formula is C9H7N3O3. The van der Waals surface area contributed by atoms with Gasteiger partial charge in [0, 0.05) is 11.6 Å². The van der Waals surface area contributed by atoms with Crippen molar-refractivity contribution in [2.45, 2.75) is 0 Å². The monoisotopic (exact) mass is 205 g/mol. The van der Waals surface area contributed by atoms with Gasteiger partial charge in [-0.15, -0.1) is 0 Å². The van der Waals surface area contributed by atoms with Crippen molar-refractivity contribution in [1.82, 2.24) is 15.4 Å². The highest BCUT2D eigenvalue weighted by atomic mass is 16.5. The summed E-state index contributed by atoms with van der Waals surface area (Å²) >= 11 is 0. The number of amides is 1. The smallest absolute Gasteiger partial charge is 0.280 e. The van der Waals surface area contributed by atoms with Gasteiger partial charge in [-0.2, -0.15) is 0 Å². The fourth-order valence-corrected chi connectivity index (χ4v) is 1.26. The van der Waals surface area contributed by atoms with Gasteiger partial charge in [-0.1, -0.05) is 0 Å². The van der Waals surface area contributed by atoms with Gasteiger partial charge in [0.2, 0.25) is 0 Å². The number of nitrogens with zero attached hydrogens (tertiary/aromatic N) is 1. The van der Waals surface area contributed by atoms with Crippen molar-refractivity contribution in [2.75, 3.05) is 0 Å². The molecule has 0 fully saturated rings. The molecule has 6 nitrogen and oxygen atoms in total. The molecule has 0 bridgehead atoms. The number of pyridine rings is 2. The topological polar surface area (TPSA) is 95.1 Å². The minimum Gasteiger partial charge on any atom is -0.306 e. The van der Waals surface area contributed by atoms with Crippen LogP contribution < -0.4 is 11.0 Å². The van der Waals surface area contributed by atoms with Gasteiger partial charge in [-0.25, -0.2) is 10.5 Å². The van der Waals surface area contributed by atoms with E-state index < -0.39 is 11.5 Å². The average molecular weight is 205 g/mol. The predicted molar refractivity (Wildman–Crippen MR) is 51.6 cm³/mol. The first kappa shape index (κ1) is 9.35. The summed E-state index contributed by atoms with van der Waals surface area (Å²) in [5.41, 5.74) is 1.06. The third-order valence-electron chi connectivity index (χ3n) is 1.96. The Morgan fingerprint density at radius 3 is 3.07 bits per heavy atom. The van der Waals surface area contributed by atoms with Crippen molar-refractivity contribution in [3.8, 4) is 0 Å². The number of hydroxylamine groups is 1. The first-order chi connectivity index (χ1) is 7.22. The molecule has 3 N–H and O–H groups in total. The van der Waals surface area contributed by atoms with Gasteiger partial charge in [0.05, 0.1) is 0 Å². The summed E-state index contributed by atoms with van der Waals surface area (Å²) in [4.78, 5) is 28.8. The Morgan fingerprint density at radius 1 is 1.53 bits per heavy atom. The van der Waals surface area contributed by atoms with E-state index in [1.165, 1.54) is 17.7 Å². The van der Waals surface area contributed by atoms with E-state index in [1.807, 2.05) is 0 Å². The quantitative estimate of drug-likeness (QED) is 0.452. The lowest BCUT2D eigenvalue weighted by molar-refractivity contribution is 0.0705. The number of rotatable bonds is 1. The van der Waals surface area contributed by atoms with Crippen molar-refractivity contribution in [3.63, 3.8) is 0 Å². The molecular weight excluding hydrogens is 198 g/mol. The van der Waals surface area contributed by atoms with E-state index in [0.29, 0.717) is 11.0 Å². The maximum absolute atomic E-state index is 11.4. The van der Waals surface area contributed by atoms with Crippen LogP contribution in [0.4, 0.5) is 0 Å². The number of carbonyl (C=O) groups is 1. The Hall–Kier alpha value is -2.21. The molecule has 2 heterocycles. The number of fused-ring (bicyclic) bond motifs is 1. The SMILES string of the molecule is O=C(NO)c1cc2cccnc2[nH]c1=O. The van der Waals surface area contributed by atoms with E-state index in [1.54, 1.807) is 12.1 Å². The standard InChI is InChI=1S/C9H7N3O3/c13-8-6(9(14)12-15)4-5-2-1-3-10-7(5)11-8/h1-4,15H,(H,12,14)(H,10,11,13). The van der Waals surface area contributed by atoms with E-state index in [-0.39, 0.29) is 5.56 Å². The van der Waals surface area contributed by atoms with Gasteiger partial charge in [0.1, 0.15) is 11.2 Å². The van der Waals surface area contributed by atoms with Crippen LogP contribution in [-0.2, 0) is 0 Å². The van der Waals surface area contributed by atoms with Gasteiger partial charge < -0.3 is 4.98 Å². The molecule has 0 aliphatic heterocycles. The second-order valence-electron chi connectivity index (χ2n) is 2.89. The number of hydrogen-bond donors (Lipinski definition) is 3. The second kappa shape index (κ2) is 3.50. The highest BCUT2D eigenvalue weighted by molar-refractivity contribution is 5.95. The third kappa shape index (κ3) is 1.57. The number of aromatic nitrogens is 2. The van der Waals surface area contributed by atoms with E-state index >= 15 is 0 Å². The van der Waals surface area contributed by atoms with Gasteiger partial charge in [0.15, 0.2) is 0 Å². The molecule has 6 heteroatoms. The van der Waals surface area contributed by atoms with E-state index in [0.717, 1.165) is 0 Å². The van der Waals surface area contributed by atoms with Gasteiger partial charge in [0.25, 0.3) is 11.5 Å². The fraction of sp³-hybridized carbons (Fsp3) is 0. The third-order valence-corrected chi connectivity index (χ3v) is 1.96. The van der Waals surface area contributed by atoms with Crippen LogP contribution in [0, 0.1) is 0 Å². The van der Waals surface area contributed by atoms with Crippen molar-refractivity contribution < 1.29 is 10.0 Å². The Morgan fingerprint density at radius 2 is 2.33 bits per heavy atom. The molecule has 1 amide bonds. The summed E-state index contributed by atoms with van der Waals surface area (Å²) in [7, 11) is 0. The summed E-state index contributed by atoms with van der Waals surface area (Å²) in [6.45, 7) is 0. The molecule has 0 saturated carbocycles. The van der Waals surface area contributed by atoms with Crippen molar-refractivity contribution in [3.05, 3.63) is 40.3 Å². The van der Waals surface area contributed by atoms with Crippen LogP contribution in [0.3, 0.4) is 0 Å². The fourth-order valence-electron chi connectivity index (χ4n) is 1.26. The summed E-state index contributed by atoms with van der Waals surface area (Å²) in [5, 5.41) is 9.04. The number of hydrogen-bond acceptors (Lipinski definition) is 4. The lowest BCUT2D eigenvalue weighted by Gasteiger charge is -1.99. The number of nitrogens with one attached hydrogen (secondary N) is 2. The van der Waals surface area contributed by atoms with Gasteiger partial charge >= 0.3 is 0 Å². The van der Waals surface area contributed by atoms with E-state index in [4.69, 9.17) is 5.21 Å². The normalized spacial score (nSPS) is 10.2.